The Kier molecular flexibility index (Phi) is 7.86. The number of ketones is 2. The Balaban J connectivity index is 1.68. The molecule has 6 heteroatoms. The van der Waals surface area contributed by atoms with Gasteiger partial charge in [-0.2, -0.15) is 0 Å². The molecule has 0 amide bonds. The largest absolute Gasteiger partial charge is 0.489 e. The average molecular weight is 563 g/mol. The third kappa shape index (κ3) is 5.83. The molecule has 2 N–H and O–H groups in total. The second kappa shape index (κ2) is 10.9. The predicted octanol–water partition coefficient (Wildman–Crippen LogP) is 6.89. The summed E-state index contributed by atoms with van der Waals surface area (Å²) in [7, 11) is 0. The molecule has 5 atom stereocenters. The first-order valence-electron chi connectivity index (χ1n) is 14.2. The number of carbonyl (C=O) groups is 2. The highest BCUT2D eigenvalue weighted by atomic mass is 35.5. The lowest BCUT2D eigenvalue weighted by atomic mass is 9.58. The number of hydrogen-bond acceptors (Lipinski definition) is 5. The van der Waals surface area contributed by atoms with E-state index in [2.05, 4.69) is 0 Å². The number of benzene rings is 3. The molecule has 2 aliphatic carbocycles. The Hall–Kier alpha value is -2.73. The summed E-state index contributed by atoms with van der Waals surface area (Å²) < 4.78 is 6.43. The van der Waals surface area contributed by atoms with E-state index < -0.39 is 30.0 Å². The predicted molar refractivity (Wildman–Crippen MR) is 158 cm³/mol. The van der Waals surface area contributed by atoms with E-state index in [4.69, 9.17) is 16.3 Å². The molecule has 2 fully saturated rings. The van der Waals surface area contributed by atoms with E-state index in [0.29, 0.717) is 42.0 Å². The molecule has 0 saturated heterocycles. The topological polar surface area (TPSA) is 83.8 Å². The van der Waals surface area contributed by atoms with Crippen LogP contribution in [0.4, 0.5) is 0 Å². The van der Waals surface area contributed by atoms with Crippen LogP contribution in [-0.4, -0.2) is 34.0 Å². The van der Waals surface area contributed by atoms with Gasteiger partial charge in [0.25, 0.3) is 0 Å². The number of hydrogen-bond donors (Lipinski definition) is 2. The van der Waals surface area contributed by atoms with E-state index >= 15 is 0 Å². The van der Waals surface area contributed by atoms with E-state index in [-0.39, 0.29) is 29.0 Å². The second-order valence-corrected chi connectivity index (χ2v) is 13.8. The van der Waals surface area contributed by atoms with Gasteiger partial charge in [-0.1, -0.05) is 81.8 Å². The van der Waals surface area contributed by atoms with Gasteiger partial charge < -0.3 is 14.9 Å². The lowest BCUT2D eigenvalue weighted by molar-refractivity contribution is -0.144. The fourth-order valence-corrected chi connectivity index (χ4v) is 7.21. The van der Waals surface area contributed by atoms with E-state index in [1.54, 1.807) is 0 Å². The smallest absolute Gasteiger partial charge is 0.139 e. The highest BCUT2D eigenvalue weighted by molar-refractivity contribution is 6.30. The fraction of sp³-hybridized carbons (Fsp3) is 0.471. The maximum absolute atomic E-state index is 13.9. The molecule has 0 aromatic heterocycles. The van der Waals surface area contributed by atoms with Gasteiger partial charge in [-0.25, -0.2) is 0 Å². The Morgan fingerprint density at radius 2 is 1.38 bits per heavy atom. The van der Waals surface area contributed by atoms with Crippen LogP contribution in [0.5, 0.6) is 5.75 Å². The quantitative estimate of drug-likeness (QED) is 0.342. The highest BCUT2D eigenvalue weighted by Gasteiger charge is 2.53. The van der Waals surface area contributed by atoms with Crippen LogP contribution in [0.25, 0.3) is 10.8 Å². The van der Waals surface area contributed by atoms with Gasteiger partial charge in [0.15, 0.2) is 0 Å². The summed E-state index contributed by atoms with van der Waals surface area (Å²) in [4.78, 5) is 27.7. The number of aliphatic hydroxyl groups excluding tert-OH is 2. The Morgan fingerprint density at radius 3 is 1.93 bits per heavy atom. The van der Waals surface area contributed by atoms with Crippen LogP contribution in [0.3, 0.4) is 0 Å². The number of halogens is 1. The Bertz CT molecular complexity index is 1370. The van der Waals surface area contributed by atoms with Crippen molar-refractivity contribution >= 4 is 33.9 Å². The molecule has 5 rings (SSSR count). The van der Waals surface area contributed by atoms with E-state index in [0.717, 1.165) is 16.3 Å². The minimum absolute atomic E-state index is 0.0739. The summed E-state index contributed by atoms with van der Waals surface area (Å²) >= 11 is 6.08. The van der Waals surface area contributed by atoms with Gasteiger partial charge in [-0.05, 0) is 58.2 Å². The van der Waals surface area contributed by atoms with Gasteiger partial charge in [0, 0.05) is 29.3 Å². The van der Waals surface area contributed by atoms with Crippen molar-refractivity contribution in [3.63, 3.8) is 0 Å². The number of rotatable bonds is 6. The van der Waals surface area contributed by atoms with Gasteiger partial charge >= 0.3 is 0 Å². The van der Waals surface area contributed by atoms with Crippen molar-refractivity contribution in [1.29, 1.82) is 0 Å². The summed E-state index contributed by atoms with van der Waals surface area (Å²) in [6.45, 7) is 8.21. The molecule has 1 unspecified atom stereocenters. The van der Waals surface area contributed by atoms with Crippen molar-refractivity contribution in [3.05, 3.63) is 76.8 Å². The minimum Gasteiger partial charge on any atom is -0.489 e. The van der Waals surface area contributed by atoms with Crippen LogP contribution in [0.15, 0.2) is 60.7 Å². The van der Waals surface area contributed by atoms with Crippen LogP contribution < -0.4 is 4.74 Å². The molecule has 0 aliphatic heterocycles. The molecule has 2 aliphatic rings. The van der Waals surface area contributed by atoms with Gasteiger partial charge in [-0.3, -0.25) is 9.59 Å². The van der Waals surface area contributed by atoms with Crippen LogP contribution in [0.1, 0.15) is 70.4 Å². The third-order valence-electron chi connectivity index (χ3n) is 8.75. The molecule has 0 bridgehead atoms. The zero-order valence-corrected chi connectivity index (χ0v) is 24.4. The van der Waals surface area contributed by atoms with Crippen molar-refractivity contribution in [2.45, 2.75) is 78.1 Å². The van der Waals surface area contributed by atoms with Crippen molar-refractivity contribution in [2.24, 2.45) is 22.7 Å². The number of ether oxygens (including phenoxy) is 1. The number of carbonyl (C=O) groups excluding carboxylic acids is 2. The van der Waals surface area contributed by atoms with E-state index in [1.807, 2.05) is 88.4 Å². The summed E-state index contributed by atoms with van der Waals surface area (Å²) in [6.07, 6.45) is -0.403. The minimum atomic E-state index is -0.945. The van der Waals surface area contributed by atoms with Gasteiger partial charge in [0.2, 0.25) is 0 Å². The number of aliphatic hydroxyl groups is 2. The van der Waals surface area contributed by atoms with Crippen molar-refractivity contribution in [1.82, 2.24) is 0 Å². The SMILES string of the molecule is CC1(C)CC(=O)[C@H](C(c2c(OCc3ccc(Cl)cc3)ccc3ccccc23)[C@@H]2C(=O)CC(C)(C)C[C@@H]2O)[C@@H](O)C1. The lowest BCUT2D eigenvalue weighted by Crippen LogP contribution is -2.51. The van der Waals surface area contributed by atoms with E-state index in [1.165, 1.54) is 0 Å². The number of fused-ring (bicyclic) bond motifs is 1. The summed E-state index contributed by atoms with van der Waals surface area (Å²) in [5.41, 5.74) is 0.940. The van der Waals surface area contributed by atoms with Crippen molar-refractivity contribution in [2.75, 3.05) is 0 Å². The monoisotopic (exact) mass is 562 g/mol. The van der Waals surface area contributed by atoms with Gasteiger partial charge in [0.1, 0.15) is 23.9 Å². The van der Waals surface area contributed by atoms with E-state index in [9.17, 15) is 19.8 Å². The summed E-state index contributed by atoms with van der Waals surface area (Å²) in [5.74, 6) is -2.00. The maximum atomic E-state index is 13.9. The molecule has 2 saturated carbocycles. The highest BCUT2D eigenvalue weighted by Crippen LogP contribution is 2.52. The lowest BCUT2D eigenvalue weighted by Gasteiger charge is -2.47. The van der Waals surface area contributed by atoms with Crippen molar-refractivity contribution in [3.8, 4) is 5.75 Å². The third-order valence-corrected chi connectivity index (χ3v) is 9.00. The maximum Gasteiger partial charge on any atom is 0.139 e. The molecule has 0 heterocycles. The first-order chi connectivity index (χ1) is 18.8. The zero-order chi connectivity index (χ0) is 28.8. The fourth-order valence-electron chi connectivity index (χ4n) is 7.09. The van der Waals surface area contributed by atoms with Crippen LogP contribution in [0.2, 0.25) is 5.02 Å². The van der Waals surface area contributed by atoms with Crippen LogP contribution in [0, 0.1) is 22.7 Å². The van der Waals surface area contributed by atoms with Crippen LogP contribution >= 0.6 is 11.6 Å². The zero-order valence-electron chi connectivity index (χ0n) is 23.7. The second-order valence-electron chi connectivity index (χ2n) is 13.3. The Labute approximate surface area is 241 Å². The molecule has 0 spiro atoms. The molecule has 212 valence electrons. The molecular formula is C34H39ClO5. The molecule has 3 aromatic carbocycles. The molecule has 3 aromatic rings. The molecule has 5 nitrogen and oxygen atoms in total. The molecule has 40 heavy (non-hydrogen) atoms. The first kappa shape index (κ1) is 28.8. The first-order valence-corrected chi connectivity index (χ1v) is 14.5. The normalized spacial score (nSPS) is 27.0. The molecule has 0 radical (unpaired) electrons. The van der Waals surface area contributed by atoms with Gasteiger partial charge in [-0.15, -0.1) is 0 Å². The Morgan fingerprint density at radius 1 is 0.825 bits per heavy atom. The average Bonchev–Trinajstić information content (AvgIpc) is 2.85. The molecular weight excluding hydrogens is 524 g/mol. The van der Waals surface area contributed by atoms with Crippen molar-refractivity contribution < 1.29 is 24.5 Å². The standard InChI is InChI=1S/C34H39ClO5/c1-33(2)15-24(36)30(25(37)16-33)32(31-26(38)17-34(3,4)18-27(31)39)29-23-8-6-5-7-21(23)11-14-28(29)40-19-20-9-12-22(35)13-10-20/h5-14,24,26,30-32,36,38H,15-19H2,1-4H3/t24-,26-,30-,31+,32?/m0/s1. The number of Topliss-reactive ketones (excluding diaryl/α,β-unsaturated/α-hetero) is 2. The van der Waals surface area contributed by atoms with Crippen LogP contribution in [-0.2, 0) is 16.2 Å². The summed E-state index contributed by atoms with van der Waals surface area (Å²) in [5, 5.41) is 25.5. The van der Waals surface area contributed by atoms with Gasteiger partial charge in [0.05, 0.1) is 24.0 Å². The summed E-state index contributed by atoms with van der Waals surface area (Å²) in [6, 6.07) is 19.1.